The van der Waals surface area contributed by atoms with Crippen LogP contribution in [0.3, 0.4) is 0 Å². The van der Waals surface area contributed by atoms with Gasteiger partial charge in [-0.3, -0.25) is 0 Å². The molecule has 0 saturated carbocycles. The second kappa shape index (κ2) is 5.19. The molecule has 0 saturated heterocycles. The van der Waals surface area contributed by atoms with Crippen LogP contribution < -0.4 is 5.73 Å². The average Bonchev–Trinajstić information content (AvgIpc) is 2.16. The van der Waals surface area contributed by atoms with Gasteiger partial charge in [-0.05, 0) is 18.2 Å². The Morgan fingerprint density at radius 2 is 2.21 bits per heavy atom. The summed E-state index contributed by atoms with van der Waals surface area (Å²) in [4.78, 5) is 0.423. The fourth-order valence-electron chi connectivity index (χ4n) is 0.873. The summed E-state index contributed by atoms with van der Waals surface area (Å²) in [6.45, 7) is -0.316. The van der Waals surface area contributed by atoms with Crippen LogP contribution in [-0.4, -0.2) is 28.7 Å². The zero-order valence-electron chi connectivity index (χ0n) is 7.48. The Kier molecular flexibility index (Phi) is 4.19. The Hall–Kier alpha value is -0.780. The topological polar surface area (TPSA) is 66.5 Å². The van der Waals surface area contributed by atoms with Crippen molar-refractivity contribution in [3.05, 3.63) is 24.0 Å². The molecule has 78 valence electrons. The SMILES string of the molecule is Nc1ccc(SCC(O)CO)c(F)c1. The molecule has 0 aliphatic heterocycles. The fraction of sp³-hybridized carbons (Fsp3) is 0.333. The Labute approximate surface area is 85.7 Å². The molecule has 4 N–H and O–H groups in total. The molecule has 0 aliphatic rings. The van der Waals surface area contributed by atoms with Gasteiger partial charge in [-0.2, -0.15) is 0 Å². The molecule has 3 nitrogen and oxygen atoms in total. The summed E-state index contributed by atoms with van der Waals surface area (Å²) in [5.41, 5.74) is 5.74. The van der Waals surface area contributed by atoms with Crippen molar-refractivity contribution >= 4 is 17.4 Å². The van der Waals surface area contributed by atoms with Gasteiger partial charge in [-0.1, -0.05) is 0 Å². The number of aliphatic hydroxyl groups excluding tert-OH is 2. The largest absolute Gasteiger partial charge is 0.399 e. The van der Waals surface area contributed by atoms with E-state index in [1.807, 2.05) is 0 Å². The van der Waals surface area contributed by atoms with Gasteiger partial charge in [-0.15, -0.1) is 11.8 Å². The minimum Gasteiger partial charge on any atom is -0.399 e. The van der Waals surface area contributed by atoms with Crippen LogP contribution in [0.15, 0.2) is 23.1 Å². The Morgan fingerprint density at radius 1 is 1.50 bits per heavy atom. The lowest BCUT2D eigenvalue weighted by Crippen LogP contribution is -2.14. The lowest BCUT2D eigenvalue weighted by molar-refractivity contribution is 0.113. The maximum atomic E-state index is 13.2. The van der Waals surface area contributed by atoms with Crippen molar-refractivity contribution < 1.29 is 14.6 Å². The molecule has 1 atom stereocenters. The van der Waals surface area contributed by atoms with Crippen LogP contribution in [0.25, 0.3) is 0 Å². The van der Waals surface area contributed by atoms with Crippen LogP contribution in [0.4, 0.5) is 10.1 Å². The van der Waals surface area contributed by atoms with E-state index in [0.29, 0.717) is 10.6 Å². The number of anilines is 1. The van der Waals surface area contributed by atoms with Crippen molar-refractivity contribution in [2.45, 2.75) is 11.0 Å². The fourth-order valence-corrected chi connectivity index (χ4v) is 1.71. The Bertz CT molecular complexity index is 309. The molecule has 0 fully saturated rings. The van der Waals surface area contributed by atoms with Gasteiger partial charge in [0.1, 0.15) is 5.82 Å². The monoisotopic (exact) mass is 217 g/mol. The molecule has 0 radical (unpaired) electrons. The molecule has 0 bridgehead atoms. The highest BCUT2D eigenvalue weighted by Gasteiger charge is 2.06. The minimum atomic E-state index is -0.822. The van der Waals surface area contributed by atoms with Crippen molar-refractivity contribution in [2.75, 3.05) is 18.1 Å². The van der Waals surface area contributed by atoms with Crippen molar-refractivity contribution in [1.82, 2.24) is 0 Å². The van der Waals surface area contributed by atoms with Crippen molar-refractivity contribution in [2.24, 2.45) is 0 Å². The molecule has 1 unspecified atom stereocenters. The lowest BCUT2D eigenvalue weighted by atomic mass is 10.3. The van der Waals surface area contributed by atoms with E-state index in [9.17, 15) is 4.39 Å². The maximum absolute atomic E-state index is 13.2. The van der Waals surface area contributed by atoms with Crippen molar-refractivity contribution in [3.8, 4) is 0 Å². The van der Waals surface area contributed by atoms with Gasteiger partial charge < -0.3 is 15.9 Å². The van der Waals surface area contributed by atoms with Gasteiger partial charge in [0.2, 0.25) is 0 Å². The number of benzene rings is 1. The number of aliphatic hydroxyl groups is 2. The number of nitrogens with two attached hydrogens (primary N) is 1. The second-order valence-corrected chi connectivity index (χ2v) is 3.90. The smallest absolute Gasteiger partial charge is 0.138 e. The predicted octanol–water partition coefficient (Wildman–Crippen LogP) is 0.853. The van der Waals surface area contributed by atoms with Gasteiger partial charge >= 0.3 is 0 Å². The van der Waals surface area contributed by atoms with Crippen LogP contribution in [0, 0.1) is 5.82 Å². The number of halogens is 1. The highest BCUT2D eigenvalue weighted by molar-refractivity contribution is 7.99. The van der Waals surface area contributed by atoms with Crippen LogP contribution >= 0.6 is 11.8 Å². The van der Waals surface area contributed by atoms with E-state index < -0.39 is 11.9 Å². The molecular weight excluding hydrogens is 205 g/mol. The van der Waals surface area contributed by atoms with E-state index in [1.54, 1.807) is 12.1 Å². The van der Waals surface area contributed by atoms with Gasteiger partial charge in [0.25, 0.3) is 0 Å². The van der Waals surface area contributed by atoms with Crippen LogP contribution in [-0.2, 0) is 0 Å². The lowest BCUT2D eigenvalue weighted by Gasteiger charge is -2.07. The third-order valence-electron chi connectivity index (χ3n) is 1.60. The molecule has 0 heterocycles. The second-order valence-electron chi connectivity index (χ2n) is 2.84. The van der Waals surface area contributed by atoms with Gasteiger partial charge in [0, 0.05) is 16.3 Å². The molecule has 0 spiro atoms. The number of nitrogen functional groups attached to an aromatic ring is 1. The first-order chi connectivity index (χ1) is 6.63. The van der Waals surface area contributed by atoms with Gasteiger partial charge in [-0.25, -0.2) is 4.39 Å². The van der Waals surface area contributed by atoms with E-state index >= 15 is 0 Å². The Balaban J connectivity index is 2.59. The molecule has 1 rings (SSSR count). The standard InChI is InChI=1S/C9H12FNO2S/c10-8-3-6(11)1-2-9(8)14-5-7(13)4-12/h1-3,7,12-13H,4-5,11H2. The number of rotatable bonds is 4. The zero-order valence-corrected chi connectivity index (χ0v) is 8.30. The van der Waals surface area contributed by atoms with Crippen molar-refractivity contribution in [3.63, 3.8) is 0 Å². The average molecular weight is 217 g/mol. The highest BCUT2D eigenvalue weighted by Crippen LogP contribution is 2.23. The van der Waals surface area contributed by atoms with Crippen molar-refractivity contribution in [1.29, 1.82) is 0 Å². The summed E-state index contributed by atoms with van der Waals surface area (Å²) in [6, 6.07) is 4.38. The molecular formula is C9H12FNO2S. The summed E-state index contributed by atoms with van der Waals surface area (Å²) in [5.74, 6) is -0.141. The first-order valence-corrected chi connectivity index (χ1v) is 5.09. The molecule has 0 aromatic heterocycles. The first-order valence-electron chi connectivity index (χ1n) is 4.10. The summed E-state index contributed by atoms with van der Waals surface area (Å²) in [5, 5.41) is 17.6. The maximum Gasteiger partial charge on any atom is 0.138 e. The first kappa shape index (κ1) is 11.3. The number of hydrogen-bond acceptors (Lipinski definition) is 4. The number of thioether (sulfide) groups is 1. The third-order valence-corrected chi connectivity index (χ3v) is 2.79. The molecule has 5 heteroatoms. The van der Waals surface area contributed by atoms with Crippen LogP contribution in [0.2, 0.25) is 0 Å². The summed E-state index contributed by atoms with van der Waals surface area (Å²) in [6.07, 6.45) is -0.822. The molecule has 0 amide bonds. The molecule has 1 aromatic rings. The van der Waals surface area contributed by atoms with Gasteiger partial charge in [0.05, 0.1) is 12.7 Å². The predicted molar refractivity (Wildman–Crippen MR) is 54.6 cm³/mol. The zero-order chi connectivity index (χ0) is 10.6. The molecule has 0 aliphatic carbocycles. The van der Waals surface area contributed by atoms with E-state index in [4.69, 9.17) is 15.9 Å². The highest BCUT2D eigenvalue weighted by atomic mass is 32.2. The van der Waals surface area contributed by atoms with Gasteiger partial charge in [0.15, 0.2) is 0 Å². The van der Waals surface area contributed by atoms with Crippen LogP contribution in [0.1, 0.15) is 0 Å². The van der Waals surface area contributed by atoms with E-state index in [2.05, 4.69) is 0 Å². The summed E-state index contributed by atoms with van der Waals surface area (Å²) < 4.78 is 13.2. The molecule has 14 heavy (non-hydrogen) atoms. The van der Waals surface area contributed by atoms with E-state index in [1.165, 1.54) is 6.07 Å². The molecule has 1 aromatic carbocycles. The number of hydrogen-bond donors (Lipinski definition) is 3. The quantitative estimate of drug-likeness (QED) is 0.517. The summed E-state index contributed by atoms with van der Waals surface area (Å²) >= 11 is 1.15. The normalized spacial score (nSPS) is 12.8. The Morgan fingerprint density at radius 3 is 2.79 bits per heavy atom. The van der Waals surface area contributed by atoms with E-state index in [0.717, 1.165) is 11.8 Å². The minimum absolute atomic E-state index is 0.261. The van der Waals surface area contributed by atoms with E-state index in [-0.39, 0.29) is 12.4 Å². The summed E-state index contributed by atoms with van der Waals surface area (Å²) in [7, 11) is 0. The van der Waals surface area contributed by atoms with Crippen LogP contribution in [0.5, 0.6) is 0 Å². The third kappa shape index (κ3) is 3.17.